The zero-order valence-electron chi connectivity index (χ0n) is 18.2. The summed E-state index contributed by atoms with van der Waals surface area (Å²) in [6, 6.07) is 24.4. The Morgan fingerprint density at radius 3 is 2.34 bits per heavy atom. The van der Waals surface area contributed by atoms with Crippen molar-refractivity contribution < 1.29 is 13.2 Å². The van der Waals surface area contributed by atoms with Crippen LogP contribution in [0, 0.1) is 6.92 Å². The van der Waals surface area contributed by atoms with Crippen molar-refractivity contribution in [2.75, 3.05) is 0 Å². The first-order chi connectivity index (χ1) is 15.3. The summed E-state index contributed by atoms with van der Waals surface area (Å²) >= 11 is 0. The summed E-state index contributed by atoms with van der Waals surface area (Å²) in [6.07, 6.45) is 1.59. The summed E-state index contributed by atoms with van der Waals surface area (Å²) in [7, 11) is -3.60. The number of nitrogens with one attached hydrogen (secondary N) is 1. The predicted octanol–water partition coefficient (Wildman–Crippen LogP) is 4.80. The minimum Gasteiger partial charge on any atom is -0.348 e. The molecular formula is C26H26N2O3S. The summed E-state index contributed by atoms with van der Waals surface area (Å²) in [4.78, 5) is 13.0. The van der Waals surface area contributed by atoms with Crippen molar-refractivity contribution in [1.29, 1.82) is 0 Å². The molecule has 32 heavy (non-hydrogen) atoms. The van der Waals surface area contributed by atoms with Gasteiger partial charge < -0.3 is 9.88 Å². The molecule has 0 aliphatic carbocycles. The molecule has 1 amide bonds. The van der Waals surface area contributed by atoms with Gasteiger partial charge in [0, 0.05) is 17.1 Å². The molecule has 1 heterocycles. The van der Waals surface area contributed by atoms with Gasteiger partial charge in [-0.15, -0.1) is 0 Å². The molecular weight excluding hydrogens is 420 g/mol. The molecule has 5 nitrogen and oxygen atoms in total. The fourth-order valence-corrected chi connectivity index (χ4v) is 5.60. The molecule has 3 aromatic carbocycles. The summed E-state index contributed by atoms with van der Waals surface area (Å²) in [5.74, 6) is -0.254. The van der Waals surface area contributed by atoms with E-state index in [-0.39, 0.29) is 29.1 Å². The number of fused-ring (bicyclic) bond motifs is 1. The highest BCUT2D eigenvalue weighted by Crippen LogP contribution is 2.28. The summed E-state index contributed by atoms with van der Waals surface area (Å²) in [5.41, 5.74) is 3.45. The van der Waals surface area contributed by atoms with E-state index in [9.17, 15) is 13.2 Å². The summed E-state index contributed by atoms with van der Waals surface area (Å²) < 4.78 is 28.3. The van der Waals surface area contributed by atoms with Crippen molar-refractivity contribution in [2.24, 2.45) is 0 Å². The Kier molecular flexibility index (Phi) is 6.15. The largest absolute Gasteiger partial charge is 0.348 e. The molecule has 0 fully saturated rings. The van der Waals surface area contributed by atoms with Crippen LogP contribution in [-0.4, -0.2) is 18.9 Å². The molecule has 0 radical (unpaired) electrons. The maximum absolute atomic E-state index is 13.3. The second-order valence-electron chi connectivity index (χ2n) is 8.02. The second kappa shape index (κ2) is 9.01. The van der Waals surface area contributed by atoms with Crippen molar-refractivity contribution in [3.8, 4) is 0 Å². The van der Waals surface area contributed by atoms with Crippen LogP contribution < -0.4 is 5.32 Å². The topological polar surface area (TPSA) is 68.2 Å². The third kappa shape index (κ3) is 4.60. The number of benzene rings is 3. The summed E-state index contributed by atoms with van der Waals surface area (Å²) in [5, 5.41) is 3.63. The monoisotopic (exact) mass is 446 g/mol. The van der Waals surface area contributed by atoms with Gasteiger partial charge in [-0.1, -0.05) is 72.8 Å². The molecule has 0 saturated carbocycles. The highest BCUT2D eigenvalue weighted by molar-refractivity contribution is 7.90. The average molecular weight is 447 g/mol. The highest BCUT2D eigenvalue weighted by atomic mass is 32.2. The number of aryl methyl sites for hydroxylation is 1. The number of amides is 1. The predicted molar refractivity (Wildman–Crippen MR) is 127 cm³/mol. The fourth-order valence-electron chi connectivity index (χ4n) is 3.91. The normalized spacial score (nSPS) is 12.6. The van der Waals surface area contributed by atoms with Crippen molar-refractivity contribution in [2.45, 2.75) is 37.1 Å². The lowest BCUT2D eigenvalue weighted by atomic mass is 10.1. The van der Waals surface area contributed by atoms with Crippen LogP contribution in [0.25, 0.3) is 10.9 Å². The van der Waals surface area contributed by atoms with Crippen molar-refractivity contribution >= 4 is 26.6 Å². The van der Waals surface area contributed by atoms with Gasteiger partial charge in [0.1, 0.15) is 6.54 Å². The van der Waals surface area contributed by atoms with Gasteiger partial charge in [0.25, 0.3) is 0 Å². The van der Waals surface area contributed by atoms with Crippen LogP contribution in [0.3, 0.4) is 0 Å². The molecule has 0 bridgehead atoms. The summed E-state index contributed by atoms with van der Waals surface area (Å²) in [6.45, 7) is 3.88. The van der Waals surface area contributed by atoms with E-state index in [1.807, 2.05) is 86.6 Å². The van der Waals surface area contributed by atoms with Crippen molar-refractivity contribution in [3.05, 3.63) is 102 Å². The smallest absolute Gasteiger partial charge is 0.240 e. The number of sulfone groups is 1. The Labute approximate surface area is 188 Å². The molecule has 1 aromatic heterocycles. The molecule has 1 atom stereocenters. The molecule has 0 spiro atoms. The van der Waals surface area contributed by atoms with E-state index in [0.717, 1.165) is 22.2 Å². The maximum Gasteiger partial charge on any atom is 0.240 e. The molecule has 0 aliphatic rings. The minimum atomic E-state index is -3.60. The van der Waals surface area contributed by atoms with Crippen LogP contribution in [0.5, 0.6) is 0 Å². The third-order valence-electron chi connectivity index (χ3n) is 5.68. The van der Waals surface area contributed by atoms with E-state index in [0.29, 0.717) is 5.39 Å². The van der Waals surface area contributed by atoms with Crippen LogP contribution in [0.4, 0.5) is 0 Å². The second-order valence-corrected chi connectivity index (χ2v) is 9.98. The van der Waals surface area contributed by atoms with E-state index in [1.54, 1.807) is 16.8 Å². The van der Waals surface area contributed by atoms with Gasteiger partial charge in [0.05, 0.1) is 16.7 Å². The lowest BCUT2D eigenvalue weighted by molar-refractivity contribution is -0.122. The van der Waals surface area contributed by atoms with Crippen molar-refractivity contribution in [1.82, 2.24) is 9.88 Å². The first-order valence-corrected chi connectivity index (χ1v) is 12.2. The van der Waals surface area contributed by atoms with Gasteiger partial charge in [-0.05, 0) is 36.6 Å². The quantitative estimate of drug-likeness (QED) is 0.443. The van der Waals surface area contributed by atoms with E-state index in [2.05, 4.69) is 5.32 Å². The van der Waals surface area contributed by atoms with Crippen LogP contribution in [0.15, 0.2) is 90.0 Å². The Balaban J connectivity index is 1.61. The number of hydrogen-bond acceptors (Lipinski definition) is 3. The lowest BCUT2D eigenvalue weighted by Gasteiger charge is -2.15. The molecule has 1 N–H and O–H groups in total. The SMILES string of the molecule is Cc1ccccc1CS(=O)(=O)c1cn(CC(=O)NC(C)c2ccccc2)c2ccccc12. The Morgan fingerprint density at radius 1 is 0.938 bits per heavy atom. The molecule has 4 rings (SSSR count). The number of para-hydroxylation sites is 1. The number of rotatable bonds is 7. The first-order valence-electron chi connectivity index (χ1n) is 10.5. The maximum atomic E-state index is 13.3. The van der Waals surface area contributed by atoms with Crippen LogP contribution in [0.1, 0.15) is 29.7 Å². The van der Waals surface area contributed by atoms with Crippen LogP contribution >= 0.6 is 0 Å². The molecule has 0 saturated heterocycles. The number of aromatic nitrogens is 1. The van der Waals surface area contributed by atoms with Crippen LogP contribution in [0.2, 0.25) is 0 Å². The zero-order chi connectivity index (χ0) is 22.7. The Morgan fingerprint density at radius 2 is 1.59 bits per heavy atom. The van der Waals surface area contributed by atoms with Crippen molar-refractivity contribution in [3.63, 3.8) is 0 Å². The molecule has 0 aliphatic heterocycles. The van der Waals surface area contributed by atoms with Gasteiger partial charge in [-0.2, -0.15) is 0 Å². The van der Waals surface area contributed by atoms with Gasteiger partial charge in [-0.25, -0.2) is 8.42 Å². The van der Waals surface area contributed by atoms with Crippen LogP contribution in [-0.2, 0) is 26.9 Å². The minimum absolute atomic E-state index is 0.0393. The standard InChI is InChI=1S/C26H26N2O3S/c1-19-10-6-7-13-22(19)18-32(30,31)25-16-28(24-15-9-8-14-23(24)25)17-26(29)27-20(2)21-11-4-3-5-12-21/h3-16,20H,17-18H2,1-2H3,(H,27,29). The molecule has 1 unspecified atom stereocenters. The highest BCUT2D eigenvalue weighted by Gasteiger charge is 2.23. The van der Waals surface area contributed by atoms with E-state index >= 15 is 0 Å². The molecule has 164 valence electrons. The Hall–Kier alpha value is -3.38. The van der Waals surface area contributed by atoms with Gasteiger partial charge in [-0.3, -0.25) is 4.79 Å². The van der Waals surface area contributed by atoms with E-state index < -0.39 is 9.84 Å². The number of carbonyl (C=O) groups is 1. The number of hydrogen-bond donors (Lipinski definition) is 1. The van der Waals surface area contributed by atoms with Gasteiger partial charge in [0.2, 0.25) is 5.91 Å². The molecule has 6 heteroatoms. The third-order valence-corrected chi connectivity index (χ3v) is 7.37. The fraction of sp³-hybridized carbons (Fsp3) is 0.192. The number of carbonyl (C=O) groups excluding carboxylic acids is 1. The zero-order valence-corrected chi connectivity index (χ0v) is 19.0. The van der Waals surface area contributed by atoms with Gasteiger partial charge >= 0.3 is 0 Å². The number of nitrogens with zero attached hydrogens (tertiary/aromatic N) is 1. The van der Waals surface area contributed by atoms with Gasteiger partial charge in [0.15, 0.2) is 9.84 Å². The van der Waals surface area contributed by atoms with E-state index in [4.69, 9.17) is 0 Å². The lowest BCUT2D eigenvalue weighted by Crippen LogP contribution is -2.29. The van der Waals surface area contributed by atoms with E-state index in [1.165, 1.54) is 0 Å². The average Bonchev–Trinajstić information content (AvgIpc) is 3.15. The molecule has 4 aromatic rings. The first kappa shape index (κ1) is 21.8. The Bertz CT molecular complexity index is 1360.